The van der Waals surface area contributed by atoms with Gasteiger partial charge in [-0.2, -0.15) is 0 Å². The lowest BCUT2D eigenvalue weighted by Gasteiger charge is -2.07. The molecule has 0 aliphatic carbocycles. The van der Waals surface area contributed by atoms with E-state index in [0.29, 0.717) is 5.56 Å². The predicted molar refractivity (Wildman–Crippen MR) is 72.6 cm³/mol. The molecule has 2 rings (SSSR count). The zero-order chi connectivity index (χ0) is 15.1. The molecule has 108 valence electrons. The molecule has 0 aliphatic rings. The second-order valence-electron chi connectivity index (χ2n) is 4.32. The van der Waals surface area contributed by atoms with Gasteiger partial charge in [0.2, 0.25) is 0 Å². The van der Waals surface area contributed by atoms with Gasteiger partial charge in [-0.3, -0.25) is 0 Å². The monoisotopic (exact) mass is 316 g/mol. The third kappa shape index (κ3) is 2.83. The van der Waals surface area contributed by atoms with Crippen LogP contribution in [0, 0.1) is 0 Å². The van der Waals surface area contributed by atoms with Gasteiger partial charge in [-0.25, -0.2) is 16.8 Å². The largest absolute Gasteiger partial charge is 0.381 e. The second kappa shape index (κ2) is 4.60. The van der Waals surface area contributed by atoms with Crippen LogP contribution >= 0.6 is 0 Å². The van der Waals surface area contributed by atoms with Crippen LogP contribution in [-0.2, 0) is 19.7 Å². The molecule has 0 aliphatic heterocycles. The Hall–Kier alpha value is -1.87. The molecule has 0 saturated heterocycles. The van der Waals surface area contributed by atoms with Crippen LogP contribution in [0.2, 0.25) is 0 Å². The Kier molecular flexibility index (Phi) is 3.34. The fourth-order valence-electron chi connectivity index (χ4n) is 1.68. The van der Waals surface area contributed by atoms with Crippen molar-refractivity contribution in [3.05, 3.63) is 24.3 Å². The van der Waals surface area contributed by atoms with E-state index in [1.165, 1.54) is 24.3 Å². The minimum atomic E-state index is -3.71. The number of hydrogen-bond acceptors (Lipinski definition) is 7. The summed E-state index contributed by atoms with van der Waals surface area (Å²) in [6.07, 6.45) is 1.89. The minimum absolute atomic E-state index is 0.146. The molecule has 0 fully saturated rings. The molecule has 1 heterocycles. The third-order valence-electron chi connectivity index (χ3n) is 2.56. The Morgan fingerprint density at radius 3 is 2.05 bits per heavy atom. The van der Waals surface area contributed by atoms with E-state index >= 15 is 0 Å². The standard InChI is InChI=1S/C11H12N2O5S2/c1-19(14,15)9-4-3-7(5-10(9)20(2,16)17)8-6-11(12)13-18-8/h3-6H,1-2H3,(H2,12,13). The predicted octanol–water partition coefficient (Wildman–Crippen LogP) is 0.731. The van der Waals surface area contributed by atoms with Crippen LogP contribution in [0.15, 0.2) is 38.6 Å². The summed E-state index contributed by atoms with van der Waals surface area (Å²) in [7, 11) is -7.37. The van der Waals surface area contributed by atoms with Crippen LogP contribution in [0.3, 0.4) is 0 Å². The number of aromatic nitrogens is 1. The van der Waals surface area contributed by atoms with Gasteiger partial charge in [0.25, 0.3) is 0 Å². The topological polar surface area (TPSA) is 120 Å². The summed E-state index contributed by atoms with van der Waals surface area (Å²) in [4.78, 5) is -0.538. The summed E-state index contributed by atoms with van der Waals surface area (Å²) in [5, 5.41) is 3.49. The molecule has 20 heavy (non-hydrogen) atoms. The fraction of sp³-hybridized carbons (Fsp3) is 0.182. The van der Waals surface area contributed by atoms with Gasteiger partial charge >= 0.3 is 0 Å². The number of nitrogen functional groups attached to an aromatic ring is 1. The van der Waals surface area contributed by atoms with Crippen molar-refractivity contribution in [1.82, 2.24) is 5.16 Å². The van der Waals surface area contributed by atoms with E-state index in [2.05, 4.69) is 5.16 Å². The van der Waals surface area contributed by atoms with Crippen molar-refractivity contribution < 1.29 is 21.4 Å². The quantitative estimate of drug-likeness (QED) is 0.886. The van der Waals surface area contributed by atoms with Gasteiger partial charge in [-0.15, -0.1) is 0 Å². The highest BCUT2D eigenvalue weighted by molar-refractivity contribution is 7.93. The Balaban J connectivity index is 2.74. The van der Waals surface area contributed by atoms with E-state index in [1.807, 2.05) is 0 Å². The SMILES string of the molecule is CS(=O)(=O)c1ccc(-c2cc(N)no2)cc1S(C)(=O)=O. The maximum absolute atomic E-state index is 11.8. The molecular formula is C11H12N2O5S2. The number of sulfone groups is 2. The van der Waals surface area contributed by atoms with E-state index in [-0.39, 0.29) is 21.4 Å². The molecule has 1 aromatic heterocycles. The van der Waals surface area contributed by atoms with Crippen molar-refractivity contribution in [1.29, 1.82) is 0 Å². The van der Waals surface area contributed by atoms with Crippen molar-refractivity contribution in [3.8, 4) is 11.3 Å². The lowest BCUT2D eigenvalue weighted by molar-refractivity contribution is 0.435. The van der Waals surface area contributed by atoms with Crippen LogP contribution in [-0.4, -0.2) is 34.5 Å². The smallest absolute Gasteiger partial charge is 0.176 e. The number of rotatable bonds is 3. The van der Waals surface area contributed by atoms with Crippen LogP contribution < -0.4 is 5.73 Å². The lowest BCUT2D eigenvalue weighted by atomic mass is 10.2. The summed E-state index contributed by atoms with van der Waals surface area (Å²) in [5.41, 5.74) is 5.80. The molecule has 2 N–H and O–H groups in total. The van der Waals surface area contributed by atoms with E-state index < -0.39 is 19.7 Å². The zero-order valence-electron chi connectivity index (χ0n) is 10.7. The van der Waals surface area contributed by atoms with E-state index in [9.17, 15) is 16.8 Å². The van der Waals surface area contributed by atoms with Gasteiger partial charge in [0.15, 0.2) is 31.3 Å². The Morgan fingerprint density at radius 2 is 1.60 bits per heavy atom. The summed E-state index contributed by atoms with van der Waals surface area (Å²) >= 11 is 0. The summed E-state index contributed by atoms with van der Waals surface area (Å²) in [6.45, 7) is 0. The number of nitrogens with two attached hydrogens (primary N) is 1. The highest BCUT2D eigenvalue weighted by atomic mass is 32.2. The first-order chi connectivity index (χ1) is 9.09. The van der Waals surface area contributed by atoms with Gasteiger partial charge in [0.05, 0.1) is 9.79 Å². The van der Waals surface area contributed by atoms with E-state index in [0.717, 1.165) is 12.5 Å². The molecule has 0 bridgehead atoms. The average molecular weight is 316 g/mol. The molecular weight excluding hydrogens is 304 g/mol. The number of benzene rings is 1. The summed E-state index contributed by atoms with van der Waals surface area (Å²) in [6, 6.07) is 5.30. The van der Waals surface area contributed by atoms with Gasteiger partial charge in [0, 0.05) is 24.1 Å². The number of anilines is 1. The molecule has 0 unspecified atom stereocenters. The highest BCUT2D eigenvalue weighted by Gasteiger charge is 2.22. The molecule has 0 atom stereocenters. The molecule has 0 amide bonds. The Labute approximate surface area is 116 Å². The average Bonchev–Trinajstić information content (AvgIpc) is 2.73. The van der Waals surface area contributed by atoms with Gasteiger partial charge in [-0.05, 0) is 18.2 Å². The Morgan fingerprint density at radius 1 is 1.00 bits per heavy atom. The maximum Gasteiger partial charge on any atom is 0.176 e. The van der Waals surface area contributed by atoms with Gasteiger partial charge in [0.1, 0.15) is 0 Å². The fourth-order valence-corrected chi connectivity index (χ4v) is 4.10. The van der Waals surface area contributed by atoms with Crippen molar-refractivity contribution in [2.45, 2.75) is 9.79 Å². The molecule has 1 aromatic carbocycles. The molecule has 9 heteroatoms. The first-order valence-electron chi connectivity index (χ1n) is 5.36. The first-order valence-corrected chi connectivity index (χ1v) is 9.14. The minimum Gasteiger partial charge on any atom is -0.381 e. The van der Waals surface area contributed by atoms with Gasteiger partial charge < -0.3 is 10.3 Å². The molecule has 2 aromatic rings. The first kappa shape index (κ1) is 14.5. The van der Waals surface area contributed by atoms with Crippen molar-refractivity contribution >= 4 is 25.5 Å². The molecule has 0 spiro atoms. The third-order valence-corrected chi connectivity index (χ3v) is 4.98. The van der Waals surface area contributed by atoms with Crippen LogP contribution in [0.25, 0.3) is 11.3 Å². The van der Waals surface area contributed by atoms with Crippen LogP contribution in [0.4, 0.5) is 5.82 Å². The zero-order valence-corrected chi connectivity index (χ0v) is 12.3. The van der Waals surface area contributed by atoms with Crippen LogP contribution in [0.5, 0.6) is 0 Å². The second-order valence-corrected chi connectivity index (χ2v) is 8.29. The number of nitrogens with zero attached hydrogens (tertiary/aromatic N) is 1. The maximum atomic E-state index is 11.8. The Bertz CT molecular complexity index is 866. The van der Waals surface area contributed by atoms with E-state index in [1.54, 1.807) is 0 Å². The van der Waals surface area contributed by atoms with Crippen molar-refractivity contribution in [3.63, 3.8) is 0 Å². The summed E-state index contributed by atoms with van der Waals surface area (Å²) < 4.78 is 51.7. The van der Waals surface area contributed by atoms with Gasteiger partial charge in [-0.1, -0.05) is 5.16 Å². The summed E-state index contributed by atoms with van der Waals surface area (Å²) in [5.74, 6) is 0.403. The molecule has 7 nitrogen and oxygen atoms in total. The number of hydrogen-bond donors (Lipinski definition) is 1. The normalized spacial score (nSPS) is 12.5. The van der Waals surface area contributed by atoms with E-state index in [4.69, 9.17) is 10.3 Å². The highest BCUT2D eigenvalue weighted by Crippen LogP contribution is 2.28. The van der Waals surface area contributed by atoms with Crippen molar-refractivity contribution in [2.24, 2.45) is 0 Å². The van der Waals surface area contributed by atoms with Crippen LogP contribution in [0.1, 0.15) is 0 Å². The van der Waals surface area contributed by atoms with Crippen molar-refractivity contribution in [2.75, 3.05) is 18.2 Å². The lowest BCUT2D eigenvalue weighted by Crippen LogP contribution is -2.07. The molecule has 0 saturated carbocycles. The molecule has 0 radical (unpaired) electrons.